The number of hydrogen-bond acceptors (Lipinski definition) is 4. The number of nitrogens with zero attached hydrogens (tertiary/aromatic N) is 2. The van der Waals surface area contributed by atoms with Crippen LogP contribution in [0.3, 0.4) is 0 Å². The molecule has 1 aliphatic rings. The third-order valence-corrected chi connectivity index (χ3v) is 5.34. The Morgan fingerprint density at radius 1 is 1.47 bits per heavy atom. The predicted octanol–water partition coefficient (Wildman–Crippen LogP) is 1.50. The average Bonchev–Trinajstić information content (AvgIpc) is 2.39. The molecule has 106 valence electrons. The molecule has 0 saturated carbocycles. The summed E-state index contributed by atoms with van der Waals surface area (Å²) >= 11 is 5.83. The van der Waals surface area contributed by atoms with Gasteiger partial charge in [-0.3, -0.25) is 0 Å². The Morgan fingerprint density at radius 2 is 2.16 bits per heavy atom. The Balaban J connectivity index is 2.05. The number of hydrogen-bond donors (Lipinski definition) is 1. The number of sulfonamides is 1. The summed E-state index contributed by atoms with van der Waals surface area (Å²) in [6, 6.07) is 3.02. The van der Waals surface area contributed by atoms with E-state index in [0.29, 0.717) is 0 Å². The van der Waals surface area contributed by atoms with E-state index in [2.05, 4.69) is 21.5 Å². The van der Waals surface area contributed by atoms with Crippen molar-refractivity contribution in [3.63, 3.8) is 0 Å². The molecule has 2 rings (SSSR count). The van der Waals surface area contributed by atoms with Crippen LogP contribution >= 0.6 is 11.6 Å². The van der Waals surface area contributed by atoms with Gasteiger partial charge in [0.2, 0.25) is 10.0 Å². The van der Waals surface area contributed by atoms with E-state index in [1.54, 1.807) is 6.07 Å². The second-order valence-electron chi connectivity index (χ2n) is 4.62. The first-order valence-electron chi connectivity index (χ1n) is 6.38. The molecule has 0 spiro atoms. The topological polar surface area (TPSA) is 62.3 Å². The molecule has 1 aliphatic heterocycles. The van der Waals surface area contributed by atoms with Gasteiger partial charge >= 0.3 is 0 Å². The standard InChI is InChI=1S/C12H18ClN3O2S/c1-2-16-8-5-10(6-9-16)15-19(17,18)11-4-3-7-14-12(11)13/h3-4,7,10,15H,2,5-6,8-9H2,1H3. The van der Waals surface area contributed by atoms with Gasteiger partial charge in [0.15, 0.2) is 0 Å². The average molecular weight is 304 g/mol. The van der Waals surface area contributed by atoms with E-state index in [9.17, 15) is 8.42 Å². The van der Waals surface area contributed by atoms with E-state index in [0.717, 1.165) is 32.5 Å². The number of aromatic nitrogens is 1. The van der Waals surface area contributed by atoms with Crippen LogP contribution in [0.5, 0.6) is 0 Å². The van der Waals surface area contributed by atoms with Gasteiger partial charge in [0.05, 0.1) is 0 Å². The molecule has 1 N–H and O–H groups in total. The summed E-state index contributed by atoms with van der Waals surface area (Å²) in [5.74, 6) is 0. The lowest BCUT2D eigenvalue weighted by atomic mass is 10.1. The number of likely N-dealkylation sites (tertiary alicyclic amines) is 1. The molecule has 1 aromatic heterocycles. The summed E-state index contributed by atoms with van der Waals surface area (Å²) < 4.78 is 27.2. The van der Waals surface area contributed by atoms with Crippen LogP contribution in [0.4, 0.5) is 0 Å². The van der Waals surface area contributed by atoms with Gasteiger partial charge in [-0.15, -0.1) is 0 Å². The van der Waals surface area contributed by atoms with Crippen LogP contribution in [-0.4, -0.2) is 44.0 Å². The number of rotatable bonds is 4. The minimum atomic E-state index is -3.58. The molecule has 0 radical (unpaired) electrons. The van der Waals surface area contributed by atoms with Crippen molar-refractivity contribution in [2.24, 2.45) is 0 Å². The van der Waals surface area contributed by atoms with Crippen molar-refractivity contribution in [3.05, 3.63) is 23.5 Å². The molecule has 2 heterocycles. The van der Waals surface area contributed by atoms with Gasteiger partial charge in [0.1, 0.15) is 10.0 Å². The van der Waals surface area contributed by atoms with Crippen molar-refractivity contribution in [3.8, 4) is 0 Å². The smallest absolute Gasteiger partial charge is 0.243 e. The third kappa shape index (κ3) is 3.66. The lowest BCUT2D eigenvalue weighted by Gasteiger charge is -2.31. The maximum Gasteiger partial charge on any atom is 0.243 e. The van der Waals surface area contributed by atoms with Crippen molar-refractivity contribution < 1.29 is 8.42 Å². The monoisotopic (exact) mass is 303 g/mol. The van der Waals surface area contributed by atoms with Gasteiger partial charge in [-0.2, -0.15) is 0 Å². The molecule has 0 amide bonds. The molecule has 0 bridgehead atoms. The summed E-state index contributed by atoms with van der Waals surface area (Å²) in [5.41, 5.74) is 0. The van der Waals surface area contributed by atoms with E-state index in [1.165, 1.54) is 12.3 Å². The van der Waals surface area contributed by atoms with Crippen LogP contribution in [0.1, 0.15) is 19.8 Å². The summed E-state index contributed by atoms with van der Waals surface area (Å²) in [6.07, 6.45) is 3.12. The van der Waals surface area contributed by atoms with Gasteiger partial charge in [-0.1, -0.05) is 18.5 Å². The molecule has 19 heavy (non-hydrogen) atoms. The van der Waals surface area contributed by atoms with E-state index in [1.807, 2.05) is 0 Å². The lowest BCUT2D eigenvalue weighted by molar-refractivity contribution is 0.217. The molecule has 1 saturated heterocycles. The first kappa shape index (κ1) is 14.7. The van der Waals surface area contributed by atoms with Crippen molar-refractivity contribution in [2.45, 2.75) is 30.7 Å². The fraction of sp³-hybridized carbons (Fsp3) is 0.583. The molecule has 7 heteroatoms. The Kier molecular flexibility index (Phi) is 4.78. The maximum absolute atomic E-state index is 12.2. The normalized spacial score (nSPS) is 18.6. The van der Waals surface area contributed by atoms with E-state index >= 15 is 0 Å². The van der Waals surface area contributed by atoms with Crippen LogP contribution in [-0.2, 0) is 10.0 Å². The Labute approximate surface area is 119 Å². The van der Waals surface area contributed by atoms with Gasteiger partial charge in [0.25, 0.3) is 0 Å². The number of halogens is 1. The lowest BCUT2D eigenvalue weighted by Crippen LogP contribution is -2.44. The van der Waals surface area contributed by atoms with Gasteiger partial charge in [0, 0.05) is 12.2 Å². The SMILES string of the molecule is CCN1CCC(NS(=O)(=O)c2cccnc2Cl)CC1. The Bertz CT molecular complexity index is 528. The number of piperidine rings is 1. The van der Waals surface area contributed by atoms with Crippen molar-refractivity contribution in [1.29, 1.82) is 0 Å². The Hall–Kier alpha value is -0.690. The zero-order valence-corrected chi connectivity index (χ0v) is 12.4. The summed E-state index contributed by atoms with van der Waals surface area (Å²) in [4.78, 5) is 6.16. The number of pyridine rings is 1. The molecular weight excluding hydrogens is 286 g/mol. The first-order valence-corrected chi connectivity index (χ1v) is 8.24. The van der Waals surface area contributed by atoms with Crippen LogP contribution in [0.15, 0.2) is 23.2 Å². The molecule has 1 fully saturated rings. The molecule has 0 aromatic carbocycles. The van der Waals surface area contributed by atoms with Gasteiger partial charge in [-0.25, -0.2) is 18.1 Å². The highest BCUT2D eigenvalue weighted by molar-refractivity contribution is 7.89. The van der Waals surface area contributed by atoms with Crippen molar-refractivity contribution >= 4 is 21.6 Å². The highest BCUT2D eigenvalue weighted by Crippen LogP contribution is 2.19. The highest BCUT2D eigenvalue weighted by Gasteiger charge is 2.25. The Morgan fingerprint density at radius 3 is 2.74 bits per heavy atom. The number of nitrogens with one attached hydrogen (secondary N) is 1. The molecule has 0 aliphatic carbocycles. The van der Waals surface area contributed by atoms with E-state index in [4.69, 9.17) is 11.6 Å². The van der Waals surface area contributed by atoms with Crippen LogP contribution in [0.2, 0.25) is 5.15 Å². The molecule has 1 aromatic rings. The van der Waals surface area contributed by atoms with E-state index < -0.39 is 10.0 Å². The highest BCUT2D eigenvalue weighted by atomic mass is 35.5. The fourth-order valence-electron chi connectivity index (χ4n) is 2.22. The van der Waals surface area contributed by atoms with Crippen molar-refractivity contribution in [1.82, 2.24) is 14.6 Å². The first-order chi connectivity index (χ1) is 9.03. The third-order valence-electron chi connectivity index (χ3n) is 3.37. The summed E-state index contributed by atoms with van der Waals surface area (Å²) in [6.45, 7) is 4.96. The quantitative estimate of drug-likeness (QED) is 0.856. The van der Waals surface area contributed by atoms with Gasteiger partial charge in [-0.05, 0) is 44.6 Å². The van der Waals surface area contributed by atoms with Crippen LogP contribution in [0.25, 0.3) is 0 Å². The minimum absolute atomic E-state index is 0.0148. The molecule has 5 nitrogen and oxygen atoms in total. The molecular formula is C12H18ClN3O2S. The largest absolute Gasteiger partial charge is 0.303 e. The van der Waals surface area contributed by atoms with E-state index in [-0.39, 0.29) is 16.1 Å². The molecule has 0 atom stereocenters. The van der Waals surface area contributed by atoms with Gasteiger partial charge < -0.3 is 4.90 Å². The second-order valence-corrected chi connectivity index (χ2v) is 6.66. The summed E-state index contributed by atoms with van der Waals surface area (Å²) in [5, 5.41) is 0.0148. The second kappa shape index (κ2) is 6.17. The van der Waals surface area contributed by atoms with Crippen LogP contribution in [0, 0.1) is 0 Å². The van der Waals surface area contributed by atoms with Crippen LogP contribution < -0.4 is 4.72 Å². The molecule has 0 unspecified atom stereocenters. The maximum atomic E-state index is 12.2. The summed E-state index contributed by atoms with van der Waals surface area (Å²) in [7, 11) is -3.58. The predicted molar refractivity (Wildman–Crippen MR) is 74.7 cm³/mol. The minimum Gasteiger partial charge on any atom is -0.303 e. The fourth-order valence-corrected chi connectivity index (χ4v) is 3.98. The van der Waals surface area contributed by atoms with Crippen molar-refractivity contribution in [2.75, 3.05) is 19.6 Å². The zero-order chi connectivity index (χ0) is 13.9. The zero-order valence-electron chi connectivity index (χ0n) is 10.8.